The molecule has 0 saturated carbocycles. The van der Waals surface area contributed by atoms with Crippen LogP contribution in [0.1, 0.15) is 50.7 Å². The van der Waals surface area contributed by atoms with Gasteiger partial charge in [-0.25, -0.2) is 9.59 Å². The lowest BCUT2D eigenvalue weighted by atomic mass is 9.88. The highest BCUT2D eigenvalue weighted by Gasteiger charge is 2.29. The van der Waals surface area contributed by atoms with E-state index in [1.54, 1.807) is 0 Å². The molecule has 6 nitrogen and oxygen atoms in total. The third kappa shape index (κ3) is 8.80. The minimum atomic E-state index is -1.82. The summed E-state index contributed by atoms with van der Waals surface area (Å²) in [5, 5.41) is 14.8. The van der Waals surface area contributed by atoms with Gasteiger partial charge in [0.15, 0.2) is 0 Å². The van der Waals surface area contributed by atoms with Gasteiger partial charge >= 0.3 is 11.9 Å². The smallest absolute Gasteiger partial charge is 0.414 e. The van der Waals surface area contributed by atoms with E-state index in [2.05, 4.69) is 66.4 Å². The standard InChI is InChI=1S/C23H31NO.C2H2O4/c1-2-3-10-17-24-18-11-14-21(19-24)23(20-12-6-4-7-13-20)25-22-15-8-5-9-16-22;3-1(4)2(5)6/h4-9,12-13,15-16,21,23H,2-3,10-11,14,17-19H2,1H3;(H,3,4)(H,5,6). The first-order valence-corrected chi connectivity index (χ1v) is 11.0. The number of nitrogens with zero attached hydrogens (tertiary/aromatic N) is 1. The number of aliphatic carboxylic acids is 2. The van der Waals surface area contributed by atoms with E-state index in [-0.39, 0.29) is 6.10 Å². The van der Waals surface area contributed by atoms with E-state index in [9.17, 15) is 0 Å². The van der Waals surface area contributed by atoms with E-state index in [1.807, 2.05) is 6.07 Å². The van der Waals surface area contributed by atoms with Gasteiger partial charge in [0.2, 0.25) is 0 Å². The van der Waals surface area contributed by atoms with Crippen molar-refractivity contribution in [1.29, 1.82) is 0 Å². The van der Waals surface area contributed by atoms with Crippen molar-refractivity contribution in [3.05, 3.63) is 66.2 Å². The number of carboxylic acids is 2. The third-order valence-electron chi connectivity index (χ3n) is 5.37. The highest BCUT2D eigenvalue weighted by Crippen LogP contribution is 2.34. The third-order valence-corrected chi connectivity index (χ3v) is 5.37. The summed E-state index contributed by atoms with van der Waals surface area (Å²) in [4.78, 5) is 20.8. The molecule has 2 N–H and O–H groups in total. The first-order valence-electron chi connectivity index (χ1n) is 11.0. The number of unbranched alkanes of at least 4 members (excludes halogenated alkanes) is 2. The van der Waals surface area contributed by atoms with Gasteiger partial charge in [0.05, 0.1) is 0 Å². The van der Waals surface area contributed by atoms with Crippen LogP contribution < -0.4 is 4.74 Å². The Morgan fingerprint density at radius 2 is 1.61 bits per heavy atom. The summed E-state index contributed by atoms with van der Waals surface area (Å²) in [6.45, 7) is 5.90. The molecule has 2 aromatic rings. The minimum absolute atomic E-state index is 0.137. The number of carboxylic acid groups (broad SMARTS) is 2. The van der Waals surface area contributed by atoms with Crippen LogP contribution in [0.15, 0.2) is 60.7 Å². The van der Waals surface area contributed by atoms with E-state index in [0.717, 1.165) is 12.3 Å². The molecule has 1 heterocycles. The lowest BCUT2D eigenvalue weighted by Crippen LogP contribution is -2.39. The van der Waals surface area contributed by atoms with Crippen LogP contribution in [0.5, 0.6) is 5.75 Å². The largest absolute Gasteiger partial charge is 0.485 e. The van der Waals surface area contributed by atoms with Gasteiger partial charge in [-0.15, -0.1) is 0 Å². The molecule has 1 fully saturated rings. The Labute approximate surface area is 184 Å². The second-order valence-electron chi connectivity index (χ2n) is 7.78. The maximum Gasteiger partial charge on any atom is 0.414 e. The maximum atomic E-state index is 9.10. The number of para-hydroxylation sites is 1. The average Bonchev–Trinajstić information content (AvgIpc) is 2.79. The summed E-state index contributed by atoms with van der Waals surface area (Å²) < 4.78 is 6.49. The number of likely N-dealkylation sites (tertiary alicyclic amines) is 1. The lowest BCUT2D eigenvalue weighted by molar-refractivity contribution is -0.159. The number of piperidine rings is 1. The summed E-state index contributed by atoms with van der Waals surface area (Å²) >= 11 is 0. The molecule has 6 heteroatoms. The van der Waals surface area contributed by atoms with Gasteiger partial charge in [-0.3, -0.25) is 0 Å². The molecular formula is C25H33NO5. The fourth-order valence-electron chi connectivity index (χ4n) is 3.85. The van der Waals surface area contributed by atoms with Crippen LogP contribution in [-0.4, -0.2) is 46.7 Å². The first-order chi connectivity index (χ1) is 15.0. The normalized spacial score (nSPS) is 17.1. The highest BCUT2D eigenvalue weighted by molar-refractivity contribution is 6.27. The van der Waals surface area contributed by atoms with Crippen molar-refractivity contribution >= 4 is 11.9 Å². The summed E-state index contributed by atoms with van der Waals surface area (Å²) in [5.41, 5.74) is 1.30. The lowest BCUT2D eigenvalue weighted by Gasteiger charge is -2.37. The number of carbonyl (C=O) groups is 2. The van der Waals surface area contributed by atoms with Crippen LogP contribution in [0, 0.1) is 5.92 Å². The molecule has 3 rings (SSSR count). The number of hydrogen-bond donors (Lipinski definition) is 2. The average molecular weight is 428 g/mol. The number of benzene rings is 2. The second kappa shape index (κ2) is 13.4. The molecule has 0 bridgehead atoms. The molecule has 0 amide bonds. The van der Waals surface area contributed by atoms with Gasteiger partial charge in [-0.2, -0.15) is 0 Å². The predicted molar refractivity (Wildman–Crippen MR) is 120 cm³/mol. The first kappa shape index (κ1) is 24.4. The molecule has 0 radical (unpaired) electrons. The molecule has 2 atom stereocenters. The van der Waals surface area contributed by atoms with Crippen molar-refractivity contribution in [2.75, 3.05) is 19.6 Å². The Kier molecular flexibility index (Phi) is 10.6. The summed E-state index contributed by atoms with van der Waals surface area (Å²) in [5.74, 6) is -2.12. The van der Waals surface area contributed by atoms with Crippen LogP contribution in [0.25, 0.3) is 0 Å². The van der Waals surface area contributed by atoms with Gasteiger partial charge in [0.1, 0.15) is 11.9 Å². The fourth-order valence-corrected chi connectivity index (χ4v) is 3.85. The fraction of sp³-hybridized carbons (Fsp3) is 0.440. The highest BCUT2D eigenvalue weighted by atomic mass is 16.5. The monoisotopic (exact) mass is 427 g/mol. The molecular weight excluding hydrogens is 394 g/mol. The van der Waals surface area contributed by atoms with Crippen LogP contribution in [-0.2, 0) is 9.59 Å². The Morgan fingerprint density at radius 1 is 1.00 bits per heavy atom. The van der Waals surface area contributed by atoms with Crippen LogP contribution in [0.2, 0.25) is 0 Å². The number of hydrogen-bond acceptors (Lipinski definition) is 4. The Morgan fingerprint density at radius 3 is 2.19 bits per heavy atom. The molecule has 2 aromatic carbocycles. The summed E-state index contributed by atoms with van der Waals surface area (Å²) in [7, 11) is 0. The van der Waals surface area contributed by atoms with Gasteiger partial charge in [-0.05, 0) is 50.0 Å². The molecule has 2 unspecified atom stereocenters. The van der Waals surface area contributed by atoms with Crippen molar-refractivity contribution in [1.82, 2.24) is 4.90 Å². The maximum absolute atomic E-state index is 9.10. The van der Waals surface area contributed by atoms with Gasteiger partial charge in [0.25, 0.3) is 0 Å². The molecule has 168 valence electrons. The van der Waals surface area contributed by atoms with Crippen molar-refractivity contribution < 1.29 is 24.5 Å². The van der Waals surface area contributed by atoms with Gasteiger partial charge < -0.3 is 19.8 Å². The van der Waals surface area contributed by atoms with E-state index in [1.165, 1.54) is 50.8 Å². The predicted octanol–water partition coefficient (Wildman–Crippen LogP) is 4.86. The SMILES string of the molecule is CCCCCN1CCCC(C(Oc2ccccc2)c2ccccc2)C1.O=C(O)C(=O)O. The number of ether oxygens (including phenoxy) is 1. The summed E-state index contributed by atoms with van der Waals surface area (Å²) in [6, 6.07) is 21.0. The minimum Gasteiger partial charge on any atom is -0.485 e. The van der Waals surface area contributed by atoms with Gasteiger partial charge in [-0.1, -0.05) is 68.3 Å². The van der Waals surface area contributed by atoms with E-state index in [0.29, 0.717) is 5.92 Å². The van der Waals surface area contributed by atoms with Crippen molar-refractivity contribution in [2.45, 2.75) is 45.1 Å². The molecule has 0 aliphatic carbocycles. The molecule has 0 spiro atoms. The zero-order valence-corrected chi connectivity index (χ0v) is 18.2. The quantitative estimate of drug-likeness (QED) is 0.462. The molecule has 1 saturated heterocycles. The van der Waals surface area contributed by atoms with Gasteiger partial charge in [0, 0.05) is 12.5 Å². The molecule has 31 heavy (non-hydrogen) atoms. The van der Waals surface area contributed by atoms with Crippen molar-refractivity contribution in [3.8, 4) is 5.75 Å². The molecule has 1 aliphatic heterocycles. The van der Waals surface area contributed by atoms with Crippen molar-refractivity contribution in [2.24, 2.45) is 5.92 Å². The molecule has 0 aromatic heterocycles. The number of rotatable bonds is 8. The second-order valence-corrected chi connectivity index (χ2v) is 7.78. The van der Waals surface area contributed by atoms with Crippen molar-refractivity contribution in [3.63, 3.8) is 0 Å². The van der Waals surface area contributed by atoms with Crippen LogP contribution in [0.4, 0.5) is 0 Å². The Bertz CT molecular complexity index is 769. The molecule has 1 aliphatic rings. The van der Waals surface area contributed by atoms with E-state index < -0.39 is 11.9 Å². The zero-order valence-electron chi connectivity index (χ0n) is 18.2. The summed E-state index contributed by atoms with van der Waals surface area (Å²) in [6.07, 6.45) is 6.61. The van der Waals surface area contributed by atoms with Crippen LogP contribution >= 0.6 is 0 Å². The zero-order chi connectivity index (χ0) is 22.5. The van der Waals surface area contributed by atoms with E-state index >= 15 is 0 Å². The van der Waals surface area contributed by atoms with Crippen LogP contribution in [0.3, 0.4) is 0 Å². The Balaban J connectivity index is 0.000000501. The topological polar surface area (TPSA) is 87.1 Å². The Hall–Kier alpha value is -2.86. The van der Waals surface area contributed by atoms with E-state index in [4.69, 9.17) is 24.5 Å².